The number of carboxylic acids is 1. The topological polar surface area (TPSA) is 95.5 Å². The van der Waals surface area contributed by atoms with Gasteiger partial charge in [-0.1, -0.05) is 18.0 Å². The first kappa shape index (κ1) is 17.1. The number of amides is 2. The molecule has 1 aliphatic heterocycles. The molecule has 8 heteroatoms. The van der Waals surface area contributed by atoms with Crippen molar-refractivity contribution in [3.8, 4) is 0 Å². The van der Waals surface area contributed by atoms with Crippen LogP contribution in [0.5, 0.6) is 0 Å². The first-order valence-electron chi connectivity index (χ1n) is 7.73. The van der Waals surface area contributed by atoms with Crippen molar-refractivity contribution >= 4 is 46.8 Å². The monoisotopic (exact) mass is 368 g/mol. The van der Waals surface area contributed by atoms with Crippen molar-refractivity contribution in [3.05, 3.63) is 23.2 Å². The number of carbonyl (C=O) groups is 3. The molecule has 1 unspecified atom stereocenters. The second-order valence-electron chi connectivity index (χ2n) is 5.99. The van der Waals surface area contributed by atoms with Crippen LogP contribution in [0.3, 0.4) is 0 Å². The third-order valence-electron chi connectivity index (χ3n) is 4.31. The van der Waals surface area contributed by atoms with Gasteiger partial charge in [-0.25, -0.2) is 0 Å². The van der Waals surface area contributed by atoms with Crippen molar-refractivity contribution in [1.29, 1.82) is 0 Å². The second-order valence-corrected chi connectivity index (χ2v) is 7.67. The Morgan fingerprint density at radius 2 is 2.17 bits per heavy atom. The standard InChI is InChI=1S/C16H17ClN2O4S/c17-8-4-5-12-11(6-8)19-15(21)13(24-12)7-14(20)18-10-3-1-2-9(10)16(22)23/h4-6,9-10,13H,1-3,7H2,(H,18,20)(H,19,21)(H,22,23)/t9-,10+,13?/m1/s1. The van der Waals surface area contributed by atoms with Gasteiger partial charge in [-0.2, -0.15) is 0 Å². The Morgan fingerprint density at radius 1 is 1.38 bits per heavy atom. The molecule has 1 saturated carbocycles. The molecular formula is C16H17ClN2O4S. The Kier molecular flexibility index (Phi) is 5.01. The van der Waals surface area contributed by atoms with E-state index in [4.69, 9.17) is 16.7 Å². The van der Waals surface area contributed by atoms with E-state index < -0.39 is 17.1 Å². The van der Waals surface area contributed by atoms with Crippen molar-refractivity contribution in [2.45, 2.75) is 41.9 Å². The summed E-state index contributed by atoms with van der Waals surface area (Å²) in [5.41, 5.74) is 0.649. The fraction of sp³-hybridized carbons (Fsp3) is 0.438. The molecule has 0 bridgehead atoms. The first-order valence-corrected chi connectivity index (χ1v) is 8.99. The fourth-order valence-electron chi connectivity index (χ4n) is 3.12. The third kappa shape index (κ3) is 3.67. The van der Waals surface area contributed by atoms with Gasteiger partial charge in [0.1, 0.15) is 0 Å². The van der Waals surface area contributed by atoms with Crippen molar-refractivity contribution in [2.24, 2.45) is 5.92 Å². The SMILES string of the molecule is O=C(CC1Sc2ccc(Cl)cc2NC1=O)N[C@H]1CCC[C@H]1C(=O)O. The number of thioether (sulfide) groups is 1. The number of anilines is 1. The molecule has 2 aliphatic rings. The van der Waals surface area contributed by atoms with Crippen LogP contribution in [0.1, 0.15) is 25.7 Å². The van der Waals surface area contributed by atoms with Gasteiger partial charge in [-0.05, 0) is 31.0 Å². The number of benzene rings is 1. The van der Waals surface area contributed by atoms with Crippen LogP contribution in [0, 0.1) is 5.92 Å². The molecule has 1 fully saturated rings. The maximum atomic E-state index is 12.2. The van der Waals surface area contributed by atoms with E-state index in [1.54, 1.807) is 12.1 Å². The smallest absolute Gasteiger partial charge is 0.308 e. The van der Waals surface area contributed by atoms with Crippen LogP contribution in [0.2, 0.25) is 5.02 Å². The summed E-state index contributed by atoms with van der Waals surface area (Å²) in [4.78, 5) is 36.4. The van der Waals surface area contributed by atoms with Crippen LogP contribution in [0.15, 0.2) is 23.1 Å². The predicted octanol–water partition coefficient (Wildman–Crippen LogP) is 2.51. The summed E-state index contributed by atoms with van der Waals surface area (Å²) < 4.78 is 0. The molecule has 2 amide bonds. The van der Waals surface area contributed by atoms with Gasteiger partial charge in [0.15, 0.2) is 0 Å². The Morgan fingerprint density at radius 3 is 2.92 bits per heavy atom. The Bertz CT molecular complexity index is 697. The first-order chi connectivity index (χ1) is 11.4. The van der Waals surface area contributed by atoms with Gasteiger partial charge in [0.2, 0.25) is 11.8 Å². The van der Waals surface area contributed by atoms with Gasteiger partial charge >= 0.3 is 5.97 Å². The van der Waals surface area contributed by atoms with Crippen molar-refractivity contribution in [3.63, 3.8) is 0 Å². The van der Waals surface area contributed by atoms with Crippen LogP contribution in [-0.4, -0.2) is 34.2 Å². The highest BCUT2D eigenvalue weighted by Gasteiger charge is 2.35. The van der Waals surface area contributed by atoms with Crippen molar-refractivity contribution in [2.75, 3.05) is 5.32 Å². The van der Waals surface area contributed by atoms with E-state index in [0.29, 0.717) is 23.6 Å². The van der Waals surface area contributed by atoms with E-state index in [1.165, 1.54) is 11.8 Å². The number of rotatable bonds is 4. The molecule has 3 rings (SSSR count). The highest BCUT2D eigenvalue weighted by Crippen LogP contribution is 2.38. The van der Waals surface area contributed by atoms with Crippen LogP contribution in [0.25, 0.3) is 0 Å². The lowest BCUT2D eigenvalue weighted by molar-refractivity contribution is -0.142. The summed E-state index contributed by atoms with van der Waals surface area (Å²) in [6.07, 6.45) is 2.04. The normalized spacial score (nSPS) is 25.7. The Hall–Kier alpha value is -1.73. The van der Waals surface area contributed by atoms with E-state index >= 15 is 0 Å². The minimum absolute atomic E-state index is 0.0153. The van der Waals surface area contributed by atoms with Gasteiger partial charge in [0, 0.05) is 22.4 Å². The summed E-state index contributed by atoms with van der Waals surface area (Å²) in [7, 11) is 0. The van der Waals surface area contributed by atoms with Crippen molar-refractivity contribution < 1.29 is 19.5 Å². The van der Waals surface area contributed by atoms with Gasteiger partial charge in [0.25, 0.3) is 0 Å². The number of nitrogens with one attached hydrogen (secondary N) is 2. The maximum Gasteiger partial charge on any atom is 0.308 e. The molecule has 3 N–H and O–H groups in total. The molecular weight excluding hydrogens is 352 g/mol. The highest BCUT2D eigenvalue weighted by molar-refractivity contribution is 8.01. The lowest BCUT2D eigenvalue weighted by atomic mass is 10.0. The van der Waals surface area contributed by atoms with Gasteiger partial charge in [0.05, 0.1) is 16.9 Å². The third-order valence-corrected chi connectivity index (χ3v) is 5.82. The molecule has 3 atom stereocenters. The highest BCUT2D eigenvalue weighted by atomic mass is 35.5. The lowest BCUT2D eigenvalue weighted by Crippen LogP contribution is -2.42. The molecule has 0 spiro atoms. The zero-order valence-corrected chi connectivity index (χ0v) is 14.3. The average Bonchev–Trinajstić information content (AvgIpc) is 2.96. The van der Waals surface area contributed by atoms with Gasteiger partial charge < -0.3 is 15.7 Å². The van der Waals surface area contributed by atoms with E-state index in [9.17, 15) is 14.4 Å². The Labute approximate surface area is 148 Å². The van der Waals surface area contributed by atoms with Crippen molar-refractivity contribution in [1.82, 2.24) is 5.32 Å². The van der Waals surface area contributed by atoms with E-state index in [1.807, 2.05) is 6.07 Å². The molecule has 0 saturated heterocycles. The zero-order valence-electron chi connectivity index (χ0n) is 12.8. The number of halogens is 1. The van der Waals surface area contributed by atoms with Crippen LogP contribution >= 0.6 is 23.4 Å². The molecule has 1 aromatic rings. The van der Waals surface area contributed by atoms with E-state index in [0.717, 1.165) is 11.3 Å². The fourth-order valence-corrected chi connectivity index (χ4v) is 4.38. The molecule has 0 radical (unpaired) electrons. The molecule has 6 nitrogen and oxygen atoms in total. The van der Waals surface area contributed by atoms with Crippen LogP contribution < -0.4 is 10.6 Å². The summed E-state index contributed by atoms with van der Waals surface area (Å²) in [6, 6.07) is 4.87. The summed E-state index contributed by atoms with van der Waals surface area (Å²) in [6.45, 7) is 0. The number of aliphatic carboxylic acids is 1. The van der Waals surface area contributed by atoms with E-state index in [-0.39, 0.29) is 24.3 Å². The zero-order chi connectivity index (χ0) is 17.3. The second kappa shape index (κ2) is 7.03. The minimum atomic E-state index is -0.881. The van der Waals surface area contributed by atoms with E-state index in [2.05, 4.69) is 10.6 Å². The largest absolute Gasteiger partial charge is 0.481 e. The molecule has 1 heterocycles. The Balaban J connectivity index is 1.61. The summed E-state index contributed by atoms with van der Waals surface area (Å²) in [5.74, 6) is -1.96. The number of carboxylic acid groups (broad SMARTS) is 1. The summed E-state index contributed by atoms with van der Waals surface area (Å²) >= 11 is 7.23. The average molecular weight is 369 g/mol. The predicted molar refractivity (Wildman–Crippen MR) is 91.3 cm³/mol. The van der Waals surface area contributed by atoms with Crippen LogP contribution in [-0.2, 0) is 14.4 Å². The number of hydrogen-bond acceptors (Lipinski definition) is 4. The maximum absolute atomic E-state index is 12.2. The molecule has 1 aromatic carbocycles. The summed E-state index contributed by atoms with van der Waals surface area (Å²) in [5, 5.41) is 14.7. The van der Waals surface area contributed by atoms with Gasteiger partial charge in [-0.15, -0.1) is 11.8 Å². The molecule has 1 aliphatic carbocycles. The lowest BCUT2D eigenvalue weighted by Gasteiger charge is -2.25. The minimum Gasteiger partial charge on any atom is -0.481 e. The molecule has 0 aromatic heterocycles. The van der Waals surface area contributed by atoms with Gasteiger partial charge in [-0.3, -0.25) is 14.4 Å². The number of fused-ring (bicyclic) bond motifs is 1. The number of carbonyl (C=O) groups excluding carboxylic acids is 2. The number of hydrogen-bond donors (Lipinski definition) is 3. The quantitative estimate of drug-likeness (QED) is 0.759. The molecule has 128 valence electrons. The molecule has 24 heavy (non-hydrogen) atoms. The van der Waals surface area contributed by atoms with Crippen LogP contribution in [0.4, 0.5) is 5.69 Å².